The normalized spacial score (nSPS) is 24.1. The van der Waals surface area contributed by atoms with Gasteiger partial charge in [-0.3, -0.25) is 14.4 Å². The molecule has 0 aliphatic carbocycles. The summed E-state index contributed by atoms with van der Waals surface area (Å²) >= 11 is 7.11. The molecule has 2 N–H and O–H groups in total. The standard InChI is InChI=1S/C17H22ClN3O3S/c1-9(2)7-10(19)16(23)20-6-5-11-15(20)12(22)8-21(11)17(24)13-3-4-14(18)25-13/h3-4,9-11,15H,5-8,19H2,1-2H3. The third kappa shape index (κ3) is 3.45. The first kappa shape index (κ1) is 18.4. The van der Waals surface area contributed by atoms with Gasteiger partial charge in [0.05, 0.1) is 27.8 Å². The fourth-order valence-electron chi connectivity index (χ4n) is 3.73. The van der Waals surface area contributed by atoms with E-state index in [1.807, 2.05) is 13.8 Å². The summed E-state index contributed by atoms with van der Waals surface area (Å²) in [5.41, 5.74) is 6.02. The second-order valence-electron chi connectivity index (χ2n) is 7.07. The quantitative estimate of drug-likeness (QED) is 0.858. The Kier molecular flexibility index (Phi) is 5.18. The molecule has 3 atom stereocenters. The maximum atomic E-state index is 12.7. The Morgan fingerprint density at radius 3 is 2.68 bits per heavy atom. The Morgan fingerprint density at radius 2 is 2.08 bits per heavy atom. The molecule has 0 spiro atoms. The van der Waals surface area contributed by atoms with Gasteiger partial charge in [-0.15, -0.1) is 11.3 Å². The predicted octanol–water partition coefficient (Wildman–Crippen LogP) is 1.77. The number of carbonyl (C=O) groups is 3. The Labute approximate surface area is 155 Å². The van der Waals surface area contributed by atoms with Crippen molar-refractivity contribution >= 4 is 40.5 Å². The molecule has 2 aliphatic heterocycles. The number of rotatable bonds is 4. The number of nitrogens with zero attached hydrogens (tertiary/aromatic N) is 2. The van der Waals surface area contributed by atoms with Crippen LogP contribution < -0.4 is 5.73 Å². The van der Waals surface area contributed by atoms with Crippen LogP contribution in [0.1, 0.15) is 36.4 Å². The van der Waals surface area contributed by atoms with Gasteiger partial charge in [0.15, 0.2) is 5.78 Å². The maximum Gasteiger partial charge on any atom is 0.264 e. The molecule has 0 saturated carbocycles. The largest absolute Gasteiger partial charge is 0.329 e. The zero-order chi connectivity index (χ0) is 18.3. The van der Waals surface area contributed by atoms with E-state index >= 15 is 0 Å². The summed E-state index contributed by atoms with van der Waals surface area (Å²) in [7, 11) is 0. The van der Waals surface area contributed by atoms with Gasteiger partial charge in [0.2, 0.25) is 5.91 Å². The van der Waals surface area contributed by atoms with Crippen molar-refractivity contribution in [2.45, 2.75) is 44.8 Å². The average Bonchev–Trinajstić information content (AvgIpc) is 3.22. The highest BCUT2D eigenvalue weighted by Crippen LogP contribution is 2.33. The monoisotopic (exact) mass is 383 g/mol. The Balaban J connectivity index is 1.75. The molecule has 0 aromatic carbocycles. The third-order valence-electron chi connectivity index (χ3n) is 4.79. The molecule has 1 aromatic rings. The van der Waals surface area contributed by atoms with Gasteiger partial charge in [-0.25, -0.2) is 0 Å². The van der Waals surface area contributed by atoms with Crippen molar-refractivity contribution in [1.82, 2.24) is 9.80 Å². The number of fused-ring (bicyclic) bond motifs is 1. The van der Waals surface area contributed by atoms with Crippen molar-refractivity contribution in [1.29, 1.82) is 0 Å². The Bertz CT molecular complexity index is 705. The zero-order valence-electron chi connectivity index (χ0n) is 14.3. The molecule has 2 fully saturated rings. The van der Waals surface area contributed by atoms with Crippen molar-refractivity contribution < 1.29 is 14.4 Å². The summed E-state index contributed by atoms with van der Waals surface area (Å²) in [5, 5.41) is 0. The number of hydrogen-bond donors (Lipinski definition) is 1. The van der Waals surface area contributed by atoms with Crippen molar-refractivity contribution in [3.05, 3.63) is 21.3 Å². The minimum absolute atomic E-state index is 0.0346. The molecule has 2 aliphatic rings. The lowest BCUT2D eigenvalue weighted by Gasteiger charge is -2.26. The number of hydrogen-bond acceptors (Lipinski definition) is 5. The number of halogens is 1. The van der Waals surface area contributed by atoms with Crippen LogP contribution in [0.2, 0.25) is 4.34 Å². The molecule has 2 amide bonds. The second kappa shape index (κ2) is 7.05. The minimum Gasteiger partial charge on any atom is -0.329 e. The fraction of sp³-hybridized carbons (Fsp3) is 0.588. The number of thiophene rings is 1. The number of carbonyl (C=O) groups excluding carboxylic acids is 3. The fourth-order valence-corrected chi connectivity index (χ4v) is 4.73. The molecule has 6 nitrogen and oxygen atoms in total. The molecule has 136 valence electrons. The topological polar surface area (TPSA) is 83.7 Å². The van der Waals surface area contributed by atoms with E-state index in [-0.39, 0.29) is 30.2 Å². The highest BCUT2D eigenvalue weighted by Gasteiger charge is 2.52. The molecule has 1 aromatic heterocycles. The smallest absolute Gasteiger partial charge is 0.264 e. The third-order valence-corrected chi connectivity index (χ3v) is 6.01. The highest BCUT2D eigenvalue weighted by atomic mass is 35.5. The SMILES string of the molecule is CC(C)CC(N)C(=O)N1CCC2C1C(=O)CN2C(=O)c1ccc(Cl)s1. The first-order chi connectivity index (χ1) is 11.8. The molecular formula is C17H22ClN3O3S. The van der Waals surface area contributed by atoms with Crippen molar-refractivity contribution in [2.24, 2.45) is 11.7 Å². The van der Waals surface area contributed by atoms with E-state index in [1.165, 1.54) is 11.3 Å². The number of nitrogens with two attached hydrogens (primary N) is 1. The van der Waals surface area contributed by atoms with E-state index in [1.54, 1.807) is 21.9 Å². The van der Waals surface area contributed by atoms with Gasteiger partial charge in [-0.1, -0.05) is 25.4 Å². The summed E-state index contributed by atoms with van der Waals surface area (Å²) in [6, 6.07) is 1.90. The highest BCUT2D eigenvalue weighted by molar-refractivity contribution is 7.18. The van der Waals surface area contributed by atoms with E-state index < -0.39 is 12.1 Å². The van der Waals surface area contributed by atoms with Gasteiger partial charge < -0.3 is 15.5 Å². The van der Waals surface area contributed by atoms with Crippen LogP contribution in [0.3, 0.4) is 0 Å². The van der Waals surface area contributed by atoms with Crippen LogP contribution in [0.5, 0.6) is 0 Å². The van der Waals surface area contributed by atoms with Crippen LogP contribution in [0.15, 0.2) is 12.1 Å². The summed E-state index contributed by atoms with van der Waals surface area (Å²) in [6.45, 7) is 4.51. The van der Waals surface area contributed by atoms with Crippen LogP contribution in [0.4, 0.5) is 0 Å². The first-order valence-electron chi connectivity index (χ1n) is 8.44. The van der Waals surface area contributed by atoms with E-state index in [0.717, 1.165) is 0 Å². The van der Waals surface area contributed by atoms with Gasteiger partial charge in [0.1, 0.15) is 6.04 Å². The van der Waals surface area contributed by atoms with Gasteiger partial charge >= 0.3 is 0 Å². The van der Waals surface area contributed by atoms with E-state index in [4.69, 9.17) is 17.3 Å². The molecule has 3 heterocycles. The van der Waals surface area contributed by atoms with Crippen LogP contribution in [-0.4, -0.2) is 58.6 Å². The first-order valence-corrected chi connectivity index (χ1v) is 9.64. The summed E-state index contributed by atoms with van der Waals surface area (Å²) < 4.78 is 0.535. The molecule has 3 unspecified atom stereocenters. The van der Waals surface area contributed by atoms with Crippen molar-refractivity contribution in [3.63, 3.8) is 0 Å². The van der Waals surface area contributed by atoms with Crippen LogP contribution in [-0.2, 0) is 9.59 Å². The predicted molar refractivity (Wildman–Crippen MR) is 96.7 cm³/mol. The lowest BCUT2D eigenvalue weighted by molar-refractivity contribution is -0.137. The minimum atomic E-state index is -0.604. The second-order valence-corrected chi connectivity index (χ2v) is 8.79. The number of likely N-dealkylation sites (tertiary alicyclic amines) is 2. The molecule has 25 heavy (non-hydrogen) atoms. The summed E-state index contributed by atoms with van der Waals surface area (Å²) in [4.78, 5) is 41.5. The van der Waals surface area contributed by atoms with Crippen molar-refractivity contribution in [2.75, 3.05) is 13.1 Å². The molecule has 0 radical (unpaired) electrons. The number of ketones is 1. The van der Waals surface area contributed by atoms with Crippen LogP contribution >= 0.6 is 22.9 Å². The number of amides is 2. The molecule has 0 bridgehead atoms. The molecule has 8 heteroatoms. The van der Waals surface area contributed by atoms with Gasteiger partial charge in [-0.05, 0) is 30.9 Å². The van der Waals surface area contributed by atoms with E-state index in [9.17, 15) is 14.4 Å². The van der Waals surface area contributed by atoms with E-state index in [2.05, 4.69) is 0 Å². The van der Waals surface area contributed by atoms with Crippen LogP contribution in [0.25, 0.3) is 0 Å². The van der Waals surface area contributed by atoms with Crippen LogP contribution in [0, 0.1) is 5.92 Å². The van der Waals surface area contributed by atoms with E-state index in [0.29, 0.717) is 34.5 Å². The zero-order valence-corrected chi connectivity index (χ0v) is 15.8. The molecule has 3 rings (SSSR count). The van der Waals surface area contributed by atoms with Crippen molar-refractivity contribution in [3.8, 4) is 0 Å². The lowest BCUT2D eigenvalue weighted by atomic mass is 10.0. The Hall–Kier alpha value is -1.44. The molecule has 2 saturated heterocycles. The lowest BCUT2D eigenvalue weighted by Crippen LogP contribution is -2.50. The summed E-state index contributed by atoms with van der Waals surface area (Å²) in [6.07, 6.45) is 1.18. The Morgan fingerprint density at radius 1 is 1.36 bits per heavy atom. The summed E-state index contributed by atoms with van der Waals surface area (Å²) in [5.74, 6) is -0.177. The average molecular weight is 384 g/mol. The van der Waals surface area contributed by atoms with Gasteiger partial charge in [0.25, 0.3) is 5.91 Å². The molecular weight excluding hydrogens is 362 g/mol. The maximum absolute atomic E-state index is 12.7. The van der Waals surface area contributed by atoms with Gasteiger partial charge in [-0.2, -0.15) is 0 Å². The van der Waals surface area contributed by atoms with Gasteiger partial charge in [0, 0.05) is 6.54 Å². The number of Topliss-reactive ketones (excluding diaryl/α,β-unsaturated/α-hetero) is 1.